The molecule has 0 saturated heterocycles. The zero-order valence-corrected chi connectivity index (χ0v) is 21.1. The number of methoxy groups -OCH3 is 1. The van der Waals surface area contributed by atoms with E-state index in [-0.39, 0.29) is 6.61 Å². The van der Waals surface area contributed by atoms with Crippen LogP contribution in [0.5, 0.6) is 11.5 Å². The van der Waals surface area contributed by atoms with Crippen molar-refractivity contribution in [3.8, 4) is 22.6 Å². The van der Waals surface area contributed by atoms with Crippen LogP contribution >= 0.6 is 0 Å². The summed E-state index contributed by atoms with van der Waals surface area (Å²) in [6, 6.07) is 22.1. The monoisotopic (exact) mass is 462 g/mol. The van der Waals surface area contributed by atoms with Gasteiger partial charge in [0.15, 0.2) is 0 Å². The predicted octanol–water partition coefficient (Wildman–Crippen LogP) is 6.96. The van der Waals surface area contributed by atoms with Gasteiger partial charge in [0.1, 0.15) is 17.1 Å². The lowest BCUT2D eigenvalue weighted by Gasteiger charge is -2.37. The van der Waals surface area contributed by atoms with Crippen molar-refractivity contribution in [2.45, 2.75) is 71.2 Å². The molecule has 3 aromatic carbocycles. The van der Waals surface area contributed by atoms with E-state index >= 15 is 0 Å². The van der Waals surface area contributed by atoms with Gasteiger partial charge in [0.25, 0.3) is 0 Å². The van der Waals surface area contributed by atoms with Crippen molar-refractivity contribution >= 4 is 0 Å². The summed E-state index contributed by atoms with van der Waals surface area (Å²) < 4.78 is 12.5. The molecule has 0 aliphatic rings. The van der Waals surface area contributed by atoms with Gasteiger partial charge in [-0.15, -0.1) is 0 Å². The quantitative estimate of drug-likeness (QED) is 0.323. The molecular weight excluding hydrogens is 424 g/mol. The Hall–Kier alpha value is -2.82. The van der Waals surface area contributed by atoms with Crippen molar-refractivity contribution in [3.63, 3.8) is 0 Å². The van der Waals surface area contributed by atoms with E-state index in [1.165, 1.54) is 0 Å². The first-order valence-corrected chi connectivity index (χ1v) is 12.3. The number of hydrogen-bond acceptors (Lipinski definition) is 4. The van der Waals surface area contributed by atoms with Crippen molar-refractivity contribution in [3.05, 3.63) is 83.4 Å². The second-order valence-electron chi connectivity index (χ2n) is 8.77. The summed E-state index contributed by atoms with van der Waals surface area (Å²) in [5, 5.41) is 21.4. The highest BCUT2D eigenvalue weighted by Crippen LogP contribution is 2.46. The van der Waals surface area contributed by atoms with E-state index in [1.807, 2.05) is 62.4 Å². The van der Waals surface area contributed by atoms with Gasteiger partial charge in [0, 0.05) is 11.1 Å². The Bertz CT molecular complexity index is 1070. The van der Waals surface area contributed by atoms with Crippen LogP contribution < -0.4 is 9.47 Å². The first kappa shape index (κ1) is 25.8. The molecule has 0 amide bonds. The topological polar surface area (TPSA) is 58.9 Å². The molecule has 182 valence electrons. The fourth-order valence-corrected chi connectivity index (χ4v) is 4.79. The molecule has 0 spiro atoms. The molecule has 4 nitrogen and oxygen atoms in total. The van der Waals surface area contributed by atoms with Crippen LogP contribution in [0.2, 0.25) is 0 Å². The molecule has 4 heteroatoms. The Morgan fingerprint density at radius 2 is 1.44 bits per heavy atom. The van der Waals surface area contributed by atoms with Gasteiger partial charge in [0.2, 0.25) is 0 Å². The first-order valence-electron chi connectivity index (χ1n) is 12.3. The normalized spacial score (nSPS) is 12.0. The number of aliphatic hydroxyl groups is 2. The van der Waals surface area contributed by atoms with Gasteiger partial charge in [-0.1, -0.05) is 82.3 Å². The molecule has 0 heterocycles. The maximum atomic E-state index is 11.8. The zero-order chi connectivity index (χ0) is 24.8. The van der Waals surface area contributed by atoms with Gasteiger partial charge >= 0.3 is 0 Å². The molecule has 0 bridgehead atoms. The molecule has 0 atom stereocenters. The molecule has 2 N–H and O–H groups in total. The van der Waals surface area contributed by atoms with E-state index in [0.717, 1.165) is 40.7 Å². The summed E-state index contributed by atoms with van der Waals surface area (Å²) in [7, 11) is 1.61. The van der Waals surface area contributed by atoms with Crippen LogP contribution in [0.15, 0.2) is 66.7 Å². The summed E-state index contributed by atoms with van der Waals surface area (Å²) in [5.74, 6) is 1.34. The molecule has 3 aromatic rings. The first-order chi connectivity index (χ1) is 16.4. The number of ether oxygens (including phenoxy) is 2. The minimum Gasteiger partial charge on any atom is -0.496 e. The standard InChI is InChI=1S/C30H38O4/c1-6-29(32,7-2)28-25(22-14-11-10-12-15-22)16-13-17-26(28)34-30(8-3,9-4)24-19-18-23(21-31)27(20-24)33-5/h10-20,31-32H,6-9,21H2,1-5H3. The third-order valence-electron chi connectivity index (χ3n) is 7.18. The Labute approximate surface area is 204 Å². The number of hydrogen-bond donors (Lipinski definition) is 2. The smallest absolute Gasteiger partial charge is 0.134 e. The number of rotatable bonds is 11. The molecule has 0 aliphatic heterocycles. The van der Waals surface area contributed by atoms with Crippen molar-refractivity contribution in [1.82, 2.24) is 0 Å². The van der Waals surface area contributed by atoms with Gasteiger partial charge in [-0.2, -0.15) is 0 Å². The van der Waals surface area contributed by atoms with E-state index < -0.39 is 11.2 Å². The lowest BCUT2D eigenvalue weighted by atomic mass is 9.82. The SMILES string of the molecule is CCC(O)(CC)c1c(OC(CC)(CC)c2ccc(CO)c(OC)c2)cccc1-c1ccccc1. The Balaban J connectivity index is 2.22. The van der Waals surface area contributed by atoms with Crippen molar-refractivity contribution in [2.24, 2.45) is 0 Å². The van der Waals surface area contributed by atoms with Gasteiger partial charge in [-0.3, -0.25) is 0 Å². The van der Waals surface area contributed by atoms with Crippen molar-refractivity contribution in [1.29, 1.82) is 0 Å². The van der Waals surface area contributed by atoms with Crippen molar-refractivity contribution in [2.75, 3.05) is 7.11 Å². The highest BCUT2D eigenvalue weighted by molar-refractivity contribution is 5.71. The van der Waals surface area contributed by atoms with Crippen LogP contribution in [0.3, 0.4) is 0 Å². The lowest BCUT2D eigenvalue weighted by Crippen LogP contribution is -2.34. The summed E-state index contributed by atoms with van der Waals surface area (Å²) in [6.07, 6.45) is 2.62. The molecule has 0 fully saturated rings. The Morgan fingerprint density at radius 3 is 2.00 bits per heavy atom. The molecule has 0 aliphatic carbocycles. The largest absolute Gasteiger partial charge is 0.496 e. The highest BCUT2D eigenvalue weighted by Gasteiger charge is 2.37. The van der Waals surface area contributed by atoms with Gasteiger partial charge in [0.05, 0.1) is 19.3 Å². The third-order valence-corrected chi connectivity index (χ3v) is 7.18. The van der Waals surface area contributed by atoms with E-state index in [0.29, 0.717) is 24.3 Å². The highest BCUT2D eigenvalue weighted by atomic mass is 16.5. The Morgan fingerprint density at radius 1 is 0.765 bits per heavy atom. The fourth-order valence-electron chi connectivity index (χ4n) is 4.79. The lowest BCUT2D eigenvalue weighted by molar-refractivity contribution is 0.0133. The maximum absolute atomic E-state index is 11.8. The van der Waals surface area contributed by atoms with E-state index in [9.17, 15) is 10.2 Å². The molecule has 34 heavy (non-hydrogen) atoms. The van der Waals surface area contributed by atoms with E-state index in [1.54, 1.807) is 7.11 Å². The van der Waals surface area contributed by atoms with Crippen LogP contribution in [0.1, 0.15) is 70.1 Å². The molecule has 0 unspecified atom stereocenters. The molecule has 3 rings (SSSR count). The molecule has 0 saturated carbocycles. The summed E-state index contributed by atoms with van der Waals surface area (Å²) in [6.45, 7) is 8.17. The maximum Gasteiger partial charge on any atom is 0.134 e. The van der Waals surface area contributed by atoms with Gasteiger partial charge < -0.3 is 19.7 Å². The molecule has 0 radical (unpaired) electrons. The number of aliphatic hydroxyl groups excluding tert-OH is 1. The van der Waals surface area contributed by atoms with Crippen molar-refractivity contribution < 1.29 is 19.7 Å². The average molecular weight is 463 g/mol. The second kappa shape index (κ2) is 11.1. The summed E-state index contributed by atoms with van der Waals surface area (Å²) in [4.78, 5) is 0. The Kier molecular flexibility index (Phi) is 8.40. The summed E-state index contributed by atoms with van der Waals surface area (Å²) >= 11 is 0. The molecular formula is C30H38O4. The predicted molar refractivity (Wildman–Crippen MR) is 138 cm³/mol. The minimum absolute atomic E-state index is 0.0845. The van der Waals surface area contributed by atoms with E-state index in [4.69, 9.17) is 9.47 Å². The number of benzene rings is 3. The van der Waals surface area contributed by atoms with Gasteiger partial charge in [-0.05, 0) is 54.5 Å². The van der Waals surface area contributed by atoms with E-state index in [2.05, 4.69) is 32.0 Å². The van der Waals surface area contributed by atoms with Crippen LogP contribution in [0.4, 0.5) is 0 Å². The van der Waals surface area contributed by atoms with Crippen LogP contribution in [0, 0.1) is 0 Å². The second-order valence-corrected chi connectivity index (χ2v) is 8.77. The third kappa shape index (κ3) is 4.84. The van der Waals surface area contributed by atoms with Crippen LogP contribution in [-0.2, 0) is 17.8 Å². The molecule has 0 aromatic heterocycles. The summed E-state index contributed by atoms with van der Waals surface area (Å²) in [5.41, 5.74) is 2.96. The zero-order valence-electron chi connectivity index (χ0n) is 21.1. The fraction of sp³-hybridized carbons (Fsp3) is 0.400. The minimum atomic E-state index is -1.02. The van der Waals surface area contributed by atoms with Crippen LogP contribution in [0.25, 0.3) is 11.1 Å². The average Bonchev–Trinajstić information content (AvgIpc) is 2.91. The van der Waals surface area contributed by atoms with Gasteiger partial charge in [-0.25, -0.2) is 0 Å². The van der Waals surface area contributed by atoms with Crippen LogP contribution in [-0.4, -0.2) is 17.3 Å².